The highest BCUT2D eigenvalue weighted by atomic mass is 35.5. The van der Waals surface area contributed by atoms with E-state index in [9.17, 15) is 4.79 Å². The summed E-state index contributed by atoms with van der Waals surface area (Å²) in [5.41, 5.74) is 5.28. The highest BCUT2D eigenvalue weighted by Crippen LogP contribution is 2.40. The summed E-state index contributed by atoms with van der Waals surface area (Å²) in [5, 5.41) is 4.22. The maximum absolute atomic E-state index is 12.5. The van der Waals surface area contributed by atoms with Gasteiger partial charge in [0.25, 0.3) is 0 Å². The van der Waals surface area contributed by atoms with Crippen molar-refractivity contribution in [2.45, 2.75) is 13.8 Å². The van der Waals surface area contributed by atoms with Crippen molar-refractivity contribution in [3.05, 3.63) is 83.2 Å². The van der Waals surface area contributed by atoms with E-state index in [-0.39, 0.29) is 5.91 Å². The van der Waals surface area contributed by atoms with Crippen molar-refractivity contribution >= 4 is 39.9 Å². The van der Waals surface area contributed by atoms with Crippen LogP contribution in [0.3, 0.4) is 0 Å². The number of aromatic nitrogens is 1. The van der Waals surface area contributed by atoms with Crippen LogP contribution in [0.25, 0.3) is 27.7 Å². The van der Waals surface area contributed by atoms with Crippen LogP contribution in [0.15, 0.2) is 71.5 Å². The number of ether oxygens (including phenoxy) is 1. The smallest absolute Gasteiger partial charge is 0.249 e. The Bertz CT molecular complexity index is 1280. The quantitative estimate of drug-likeness (QED) is 0.365. The second-order valence-corrected chi connectivity index (χ2v) is 7.59. The van der Waals surface area contributed by atoms with Gasteiger partial charge < -0.3 is 14.5 Å². The van der Waals surface area contributed by atoms with Gasteiger partial charge in [-0.15, -0.1) is 0 Å². The zero-order valence-corrected chi connectivity index (χ0v) is 18.2. The average molecular weight is 433 g/mol. The molecule has 0 aliphatic heterocycles. The molecule has 1 amide bonds. The van der Waals surface area contributed by atoms with Crippen LogP contribution < -0.4 is 10.1 Å². The van der Waals surface area contributed by atoms with Crippen molar-refractivity contribution in [3.63, 3.8) is 0 Å². The minimum atomic E-state index is -0.289. The van der Waals surface area contributed by atoms with Crippen LogP contribution in [-0.4, -0.2) is 18.0 Å². The van der Waals surface area contributed by atoms with E-state index >= 15 is 0 Å². The van der Waals surface area contributed by atoms with E-state index in [1.165, 1.54) is 12.3 Å². The fourth-order valence-electron chi connectivity index (χ4n) is 3.60. The Kier molecular flexibility index (Phi) is 5.78. The van der Waals surface area contributed by atoms with Gasteiger partial charge in [0.05, 0.1) is 18.4 Å². The van der Waals surface area contributed by atoms with E-state index in [2.05, 4.69) is 10.3 Å². The summed E-state index contributed by atoms with van der Waals surface area (Å²) in [6, 6.07) is 15.4. The van der Waals surface area contributed by atoms with Crippen molar-refractivity contribution in [2.75, 3.05) is 12.4 Å². The van der Waals surface area contributed by atoms with Crippen LogP contribution in [0.2, 0.25) is 5.02 Å². The summed E-state index contributed by atoms with van der Waals surface area (Å²) in [6.45, 7) is 3.83. The van der Waals surface area contributed by atoms with E-state index < -0.39 is 0 Å². The predicted molar refractivity (Wildman–Crippen MR) is 124 cm³/mol. The SMILES string of the molecule is COc1c(/C(C)=C/C(=O)Nc2ccc(Cl)cn2)cc2c(-c3ccccc3)coc2c1C. The largest absolute Gasteiger partial charge is 0.496 e. The summed E-state index contributed by atoms with van der Waals surface area (Å²) >= 11 is 5.85. The molecule has 0 radical (unpaired) electrons. The van der Waals surface area contributed by atoms with Gasteiger partial charge in [0, 0.05) is 34.3 Å². The lowest BCUT2D eigenvalue weighted by Crippen LogP contribution is -2.10. The van der Waals surface area contributed by atoms with Gasteiger partial charge in [-0.1, -0.05) is 41.9 Å². The van der Waals surface area contributed by atoms with Gasteiger partial charge in [-0.25, -0.2) is 4.98 Å². The van der Waals surface area contributed by atoms with E-state index in [0.29, 0.717) is 16.6 Å². The Labute approximate surface area is 185 Å². The number of pyridine rings is 1. The van der Waals surface area contributed by atoms with Crippen molar-refractivity contribution < 1.29 is 13.9 Å². The molecule has 0 saturated heterocycles. The lowest BCUT2D eigenvalue weighted by atomic mass is 9.96. The molecular formula is C25H21ClN2O3. The lowest BCUT2D eigenvalue weighted by Gasteiger charge is -2.13. The number of amides is 1. The third kappa shape index (κ3) is 4.18. The first-order chi connectivity index (χ1) is 15.0. The molecule has 31 heavy (non-hydrogen) atoms. The normalized spacial score (nSPS) is 11.5. The Morgan fingerprint density at radius 3 is 2.65 bits per heavy atom. The molecule has 0 bridgehead atoms. The first-order valence-electron chi connectivity index (χ1n) is 9.73. The number of methoxy groups -OCH3 is 1. The van der Waals surface area contributed by atoms with Crippen molar-refractivity contribution in [2.24, 2.45) is 0 Å². The number of aryl methyl sites for hydroxylation is 1. The van der Waals surface area contributed by atoms with Crippen molar-refractivity contribution in [3.8, 4) is 16.9 Å². The predicted octanol–water partition coefficient (Wildman–Crippen LogP) is 6.51. The molecule has 2 aromatic heterocycles. The van der Waals surface area contributed by atoms with E-state index in [4.69, 9.17) is 20.8 Å². The highest BCUT2D eigenvalue weighted by Gasteiger charge is 2.18. The number of anilines is 1. The van der Waals surface area contributed by atoms with E-state index in [1.54, 1.807) is 25.5 Å². The number of hydrogen-bond donors (Lipinski definition) is 1. The number of hydrogen-bond acceptors (Lipinski definition) is 4. The molecule has 4 aromatic rings. The molecule has 5 nitrogen and oxygen atoms in total. The second kappa shape index (κ2) is 8.66. The summed E-state index contributed by atoms with van der Waals surface area (Å²) in [6.07, 6.45) is 4.77. The van der Waals surface area contributed by atoms with E-state index in [1.807, 2.05) is 50.2 Å². The van der Waals surface area contributed by atoms with Crippen LogP contribution in [0.4, 0.5) is 5.82 Å². The van der Waals surface area contributed by atoms with Gasteiger partial charge in [0.15, 0.2) is 0 Å². The molecule has 4 rings (SSSR count). The second-order valence-electron chi connectivity index (χ2n) is 7.15. The Morgan fingerprint density at radius 1 is 1.19 bits per heavy atom. The van der Waals surface area contributed by atoms with Crippen LogP contribution in [0.1, 0.15) is 18.1 Å². The van der Waals surface area contributed by atoms with Crippen LogP contribution in [0, 0.1) is 6.92 Å². The number of nitrogens with zero attached hydrogens (tertiary/aromatic N) is 1. The minimum Gasteiger partial charge on any atom is -0.496 e. The average Bonchev–Trinajstić information content (AvgIpc) is 3.20. The first kappa shape index (κ1) is 20.7. The molecule has 0 unspecified atom stereocenters. The minimum absolute atomic E-state index is 0.289. The highest BCUT2D eigenvalue weighted by molar-refractivity contribution is 6.30. The number of benzene rings is 2. The number of nitrogens with one attached hydrogen (secondary N) is 1. The number of carbonyl (C=O) groups excluding carboxylic acids is 1. The summed E-state index contributed by atoms with van der Waals surface area (Å²) < 4.78 is 11.6. The third-order valence-corrected chi connectivity index (χ3v) is 5.31. The molecule has 156 valence electrons. The molecule has 0 aliphatic rings. The van der Waals surface area contributed by atoms with Crippen LogP contribution >= 0.6 is 11.6 Å². The Morgan fingerprint density at radius 2 is 1.97 bits per heavy atom. The summed E-state index contributed by atoms with van der Waals surface area (Å²) in [7, 11) is 1.61. The Hall–Kier alpha value is -3.57. The maximum Gasteiger partial charge on any atom is 0.249 e. The third-order valence-electron chi connectivity index (χ3n) is 5.08. The molecule has 1 N–H and O–H groups in total. The first-order valence-corrected chi connectivity index (χ1v) is 10.1. The monoisotopic (exact) mass is 432 g/mol. The molecular weight excluding hydrogens is 412 g/mol. The lowest BCUT2D eigenvalue weighted by molar-refractivity contribution is -0.111. The molecule has 0 aliphatic carbocycles. The number of furan rings is 1. The van der Waals surface area contributed by atoms with Crippen molar-refractivity contribution in [1.29, 1.82) is 0 Å². The van der Waals surface area contributed by atoms with Gasteiger partial charge in [-0.05, 0) is 43.2 Å². The molecule has 0 atom stereocenters. The fraction of sp³-hybridized carbons (Fsp3) is 0.120. The van der Waals surface area contributed by atoms with E-state index in [0.717, 1.165) is 38.8 Å². The molecule has 0 spiro atoms. The zero-order chi connectivity index (χ0) is 22.0. The number of carbonyl (C=O) groups is 1. The molecule has 0 fully saturated rings. The van der Waals surface area contributed by atoms with Crippen LogP contribution in [0.5, 0.6) is 5.75 Å². The molecule has 6 heteroatoms. The molecule has 2 heterocycles. The summed E-state index contributed by atoms with van der Waals surface area (Å²) in [4.78, 5) is 16.6. The topological polar surface area (TPSA) is 64.4 Å². The van der Waals surface area contributed by atoms with Gasteiger partial charge in [0.1, 0.15) is 17.2 Å². The number of allylic oxidation sites excluding steroid dienone is 1. The van der Waals surface area contributed by atoms with Crippen LogP contribution in [-0.2, 0) is 4.79 Å². The van der Waals surface area contributed by atoms with Gasteiger partial charge in [-0.3, -0.25) is 4.79 Å². The van der Waals surface area contributed by atoms with Gasteiger partial charge in [0.2, 0.25) is 5.91 Å². The van der Waals surface area contributed by atoms with Gasteiger partial charge in [-0.2, -0.15) is 0 Å². The number of halogens is 1. The van der Waals surface area contributed by atoms with Gasteiger partial charge >= 0.3 is 0 Å². The number of rotatable bonds is 5. The fourth-order valence-corrected chi connectivity index (χ4v) is 3.71. The number of fused-ring (bicyclic) bond motifs is 1. The van der Waals surface area contributed by atoms with Crippen molar-refractivity contribution in [1.82, 2.24) is 4.98 Å². The molecule has 0 saturated carbocycles. The Balaban J connectivity index is 1.75. The summed E-state index contributed by atoms with van der Waals surface area (Å²) in [5.74, 6) is 0.813. The zero-order valence-electron chi connectivity index (χ0n) is 17.4. The maximum atomic E-state index is 12.5. The standard InChI is InChI=1S/C25H21ClN2O3/c1-15(11-23(29)28-22-10-9-18(26)13-27-22)19-12-20-21(17-7-5-4-6-8-17)14-31-25(20)16(2)24(19)30-3/h4-14H,1-3H3,(H,27,28,29)/b15-11+. The molecule has 2 aromatic carbocycles.